The van der Waals surface area contributed by atoms with Gasteiger partial charge < -0.3 is 14.1 Å². The summed E-state index contributed by atoms with van der Waals surface area (Å²) in [6.45, 7) is 5.44. The zero-order valence-electron chi connectivity index (χ0n) is 19.5. The molecule has 32 heavy (non-hydrogen) atoms. The van der Waals surface area contributed by atoms with Gasteiger partial charge in [0.05, 0.1) is 6.54 Å². The highest BCUT2D eigenvalue weighted by Gasteiger charge is 2.25. The Morgan fingerprint density at radius 2 is 1.62 bits per heavy atom. The van der Waals surface area contributed by atoms with E-state index in [1.807, 2.05) is 6.07 Å². The van der Waals surface area contributed by atoms with Crippen LogP contribution in [0.4, 0.5) is 0 Å². The molecule has 0 bridgehead atoms. The van der Waals surface area contributed by atoms with Gasteiger partial charge in [-0.2, -0.15) is 0 Å². The molecule has 0 N–H and O–H groups in total. The quantitative estimate of drug-likeness (QED) is 0.559. The molecule has 2 aliphatic heterocycles. The Morgan fingerprint density at radius 1 is 0.938 bits per heavy atom. The van der Waals surface area contributed by atoms with Crippen molar-refractivity contribution in [2.75, 3.05) is 33.3 Å². The number of piperidine rings is 2. The van der Waals surface area contributed by atoms with E-state index in [0.717, 1.165) is 69.9 Å². The maximum atomic E-state index is 12.8. The van der Waals surface area contributed by atoms with E-state index in [1.54, 1.807) is 7.11 Å². The Hall–Kier alpha value is -2.11. The summed E-state index contributed by atoms with van der Waals surface area (Å²) in [5.41, 5.74) is 1.42. The fourth-order valence-corrected chi connectivity index (χ4v) is 5.20. The number of benzene rings is 1. The van der Waals surface area contributed by atoms with Crippen molar-refractivity contribution in [1.29, 1.82) is 0 Å². The molecule has 0 saturated carbocycles. The number of methoxy groups -OCH3 is 1. The van der Waals surface area contributed by atoms with Crippen LogP contribution in [0.3, 0.4) is 0 Å². The van der Waals surface area contributed by atoms with Crippen LogP contribution < -0.4 is 0 Å². The Labute approximate surface area is 192 Å². The number of carbonyl (C=O) groups excluding carboxylic acids is 1. The molecular weight excluding hydrogens is 400 g/mol. The lowest BCUT2D eigenvalue weighted by molar-refractivity contribution is -0.133. The predicted octanol–water partition coefficient (Wildman–Crippen LogP) is 4.90. The molecule has 2 saturated heterocycles. The van der Waals surface area contributed by atoms with Crippen LogP contribution in [0.25, 0.3) is 0 Å². The summed E-state index contributed by atoms with van der Waals surface area (Å²) in [5, 5.41) is 0. The van der Waals surface area contributed by atoms with Crippen molar-refractivity contribution in [3.05, 3.63) is 59.5 Å². The molecule has 0 spiro atoms. The van der Waals surface area contributed by atoms with Crippen molar-refractivity contribution < 1.29 is 13.9 Å². The summed E-state index contributed by atoms with van der Waals surface area (Å²) in [4.78, 5) is 17.3. The van der Waals surface area contributed by atoms with Crippen LogP contribution >= 0.6 is 0 Å². The van der Waals surface area contributed by atoms with E-state index in [0.29, 0.717) is 30.8 Å². The third-order valence-corrected chi connectivity index (χ3v) is 7.19. The molecular formula is C27H38N2O3. The van der Waals surface area contributed by atoms with Gasteiger partial charge in [0.15, 0.2) is 0 Å². The summed E-state index contributed by atoms with van der Waals surface area (Å²) in [5.74, 6) is 3.66. The summed E-state index contributed by atoms with van der Waals surface area (Å²) in [6.07, 6.45) is 7.53. The minimum Gasteiger partial charge on any atom is -0.462 e. The zero-order chi connectivity index (χ0) is 22.2. The van der Waals surface area contributed by atoms with Crippen LogP contribution in [-0.2, 0) is 29.1 Å². The molecule has 1 aromatic heterocycles. The molecule has 1 amide bonds. The van der Waals surface area contributed by atoms with E-state index in [1.165, 1.54) is 18.4 Å². The third-order valence-electron chi connectivity index (χ3n) is 7.19. The average Bonchev–Trinajstić information content (AvgIpc) is 3.26. The SMILES string of the molecule is COCc1ccc(CN2CCC(CCC(=O)N3CCC(Cc4ccccc4)CC3)CC2)o1. The third kappa shape index (κ3) is 6.69. The second kappa shape index (κ2) is 11.7. The molecule has 5 nitrogen and oxygen atoms in total. The van der Waals surface area contributed by atoms with Crippen molar-refractivity contribution >= 4 is 5.91 Å². The van der Waals surface area contributed by atoms with Crippen LogP contribution in [0.5, 0.6) is 0 Å². The highest BCUT2D eigenvalue weighted by molar-refractivity contribution is 5.76. The first-order valence-corrected chi connectivity index (χ1v) is 12.3. The zero-order valence-corrected chi connectivity index (χ0v) is 19.5. The summed E-state index contributed by atoms with van der Waals surface area (Å²) < 4.78 is 10.9. The van der Waals surface area contributed by atoms with E-state index >= 15 is 0 Å². The van der Waals surface area contributed by atoms with Crippen LogP contribution in [0.2, 0.25) is 0 Å². The van der Waals surface area contributed by atoms with E-state index in [-0.39, 0.29) is 0 Å². The molecule has 3 heterocycles. The molecule has 1 aromatic carbocycles. The summed E-state index contributed by atoms with van der Waals surface area (Å²) in [7, 11) is 1.69. The lowest BCUT2D eigenvalue weighted by Crippen LogP contribution is -2.39. The molecule has 0 aliphatic carbocycles. The van der Waals surface area contributed by atoms with Gasteiger partial charge in [-0.15, -0.1) is 0 Å². The van der Waals surface area contributed by atoms with Crippen LogP contribution in [0.15, 0.2) is 46.9 Å². The fraction of sp³-hybridized carbons (Fsp3) is 0.593. The van der Waals surface area contributed by atoms with Crippen LogP contribution in [-0.4, -0.2) is 49.0 Å². The minimum atomic E-state index is 0.367. The van der Waals surface area contributed by atoms with Crippen molar-refractivity contribution in [3.63, 3.8) is 0 Å². The molecule has 5 heteroatoms. The largest absolute Gasteiger partial charge is 0.462 e. The number of ether oxygens (including phenoxy) is 1. The first-order valence-electron chi connectivity index (χ1n) is 12.3. The Morgan fingerprint density at radius 3 is 2.34 bits per heavy atom. The van der Waals surface area contributed by atoms with Crippen LogP contribution in [0, 0.1) is 11.8 Å². The maximum Gasteiger partial charge on any atom is 0.222 e. The summed E-state index contributed by atoms with van der Waals surface area (Å²) >= 11 is 0. The molecule has 0 atom stereocenters. The second-order valence-corrected chi connectivity index (χ2v) is 9.57. The normalized spacial score (nSPS) is 18.8. The first-order chi connectivity index (χ1) is 15.7. The average molecular weight is 439 g/mol. The van der Waals surface area contributed by atoms with E-state index in [4.69, 9.17) is 9.15 Å². The number of rotatable bonds is 9. The lowest BCUT2D eigenvalue weighted by atomic mass is 9.89. The molecule has 2 fully saturated rings. The number of amides is 1. The summed E-state index contributed by atoms with van der Waals surface area (Å²) in [6, 6.07) is 14.8. The van der Waals surface area contributed by atoms with Gasteiger partial charge in [0.25, 0.3) is 0 Å². The standard InChI is InChI=1S/C27H38N2O3/c1-31-21-26-9-8-25(32-26)20-28-15-11-22(12-16-28)7-10-27(30)29-17-13-24(14-18-29)19-23-5-3-2-4-6-23/h2-6,8-9,22,24H,7,10-21H2,1H3. The molecule has 0 radical (unpaired) electrons. The van der Waals surface area contributed by atoms with Gasteiger partial charge >= 0.3 is 0 Å². The predicted molar refractivity (Wildman–Crippen MR) is 126 cm³/mol. The topological polar surface area (TPSA) is 45.9 Å². The number of likely N-dealkylation sites (tertiary alicyclic amines) is 2. The van der Waals surface area contributed by atoms with Crippen molar-refractivity contribution in [2.45, 2.75) is 58.1 Å². The highest BCUT2D eigenvalue weighted by Crippen LogP contribution is 2.26. The van der Waals surface area contributed by atoms with Gasteiger partial charge in [0, 0.05) is 26.6 Å². The molecule has 4 rings (SSSR count). The molecule has 2 aliphatic rings. The van der Waals surface area contributed by atoms with Gasteiger partial charge in [-0.05, 0) is 81.1 Å². The van der Waals surface area contributed by atoms with Crippen molar-refractivity contribution in [1.82, 2.24) is 9.80 Å². The smallest absolute Gasteiger partial charge is 0.222 e. The van der Waals surface area contributed by atoms with Gasteiger partial charge in [0.1, 0.15) is 18.1 Å². The van der Waals surface area contributed by atoms with Crippen LogP contribution in [0.1, 0.15) is 55.6 Å². The van der Waals surface area contributed by atoms with Gasteiger partial charge in [-0.1, -0.05) is 30.3 Å². The Balaban J connectivity index is 1.11. The lowest BCUT2D eigenvalue weighted by Gasteiger charge is -2.34. The number of hydrogen-bond donors (Lipinski definition) is 0. The fourth-order valence-electron chi connectivity index (χ4n) is 5.20. The van der Waals surface area contributed by atoms with E-state index in [9.17, 15) is 4.79 Å². The molecule has 2 aromatic rings. The second-order valence-electron chi connectivity index (χ2n) is 9.57. The van der Waals surface area contributed by atoms with E-state index in [2.05, 4.69) is 46.2 Å². The first kappa shape index (κ1) is 23.1. The number of hydrogen-bond acceptors (Lipinski definition) is 4. The van der Waals surface area contributed by atoms with E-state index < -0.39 is 0 Å². The minimum absolute atomic E-state index is 0.367. The van der Waals surface area contributed by atoms with Gasteiger partial charge in [0.2, 0.25) is 5.91 Å². The number of nitrogens with zero attached hydrogens (tertiary/aromatic N) is 2. The number of carbonyl (C=O) groups is 1. The highest BCUT2D eigenvalue weighted by atomic mass is 16.5. The van der Waals surface area contributed by atoms with Gasteiger partial charge in [-0.25, -0.2) is 0 Å². The molecule has 174 valence electrons. The number of furan rings is 1. The Kier molecular flexibility index (Phi) is 8.41. The Bertz CT molecular complexity index is 818. The van der Waals surface area contributed by atoms with Gasteiger partial charge in [-0.3, -0.25) is 9.69 Å². The van der Waals surface area contributed by atoms with Crippen molar-refractivity contribution in [2.24, 2.45) is 11.8 Å². The molecule has 0 unspecified atom stereocenters. The maximum absolute atomic E-state index is 12.8. The van der Waals surface area contributed by atoms with Crippen molar-refractivity contribution in [3.8, 4) is 0 Å². The monoisotopic (exact) mass is 438 g/mol.